The minimum absolute atomic E-state index is 0.0519. The quantitative estimate of drug-likeness (QED) is 0.637. The molecule has 0 atom stereocenters. The van der Waals surface area contributed by atoms with Gasteiger partial charge in [0.05, 0.1) is 10.1 Å². The summed E-state index contributed by atoms with van der Waals surface area (Å²) in [5, 5.41) is -0.181. The number of allylic oxidation sites excluding steroid dienone is 5. The first kappa shape index (κ1) is 10.1. The summed E-state index contributed by atoms with van der Waals surface area (Å²) in [4.78, 5) is 11.1. The molecule has 0 saturated carbocycles. The van der Waals surface area contributed by atoms with E-state index in [-0.39, 0.29) is 25.7 Å². The predicted octanol–water partition coefficient (Wildman–Crippen LogP) is 3.50. The minimum Gasteiger partial charge on any atom is -0.286 e. The highest BCUT2D eigenvalue weighted by Crippen LogP contribution is 2.38. The Labute approximate surface area is 89.2 Å². The monoisotopic (exact) mass is 242 g/mol. The molecule has 0 heterocycles. The number of carbonyl (C=O) groups is 1. The summed E-state index contributed by atoms with van der Waals surface area (Å²) in [5.74, 6) is -0.569. The first-order valence-corrected chi connectivity index (χ1v) is 4.33. The van der Waals surface area contributed by atoms with Gasteiger partial charge in [-0.05, 0) is 0 Å². The van der Waals surface area contributed by atoms with E-state index in [1.165, 1.54) is 0 Å². The van der Waals surface area contributed by atoms with E-state index < -0.39 is 5.78 Å². The fraction of sp³-hybridized carbons (Fsp3) is 0. The van der Waals surface area contributed by atoms with Gasteiger partial charge in [-0.1, -0.05) is 53.0 Å². The number of halogens is 4. The van der Waals surface area contributed by atoms with Crippen LogP contribution in [-0.4, -0.2) is 5.78 Å². The number of hydrogen-bond acceptors (Lipinski definition) is 1. The predicted molar refractivity (Wildman–Crippen MR) is 51.6 cm³/mol. The lowest BCUT2D eigenvalue weighted by Crippen LogP contribution is -2.08. The summed E-state index contributed by atoms with van der Waals surface area (Å²) >= 11 is 22.3. The summed E-state index contributed by atoms with van der Waals surface area (Å²) in [5.41, 5.74) is 0.271. The molecule has 0 amide bonds. The van der Waals surface area contributed by atoms with Gasteiger partial charge in [-0.2, -0.15) is 0 Å². The van der Waals surface area contributed by atoms with Crippen molar-refractivity contribution < 1.29 is 4.79 Å². The van der Waals surface area contributed by atoms with E-state index >= 15 is 0 Å². The van der Waals surface area contributed by atoms with Crippen LogP contribution in [0.15, 0.2) is 32.3 Å². The molecule has 0 spiro atoms. The highest BCUT2D eigenvalue weighted by molar-refractivity contribution is 6.61. The maximum atomic E-state index is 11.1. The first-order valence-electron chi connectivity index (χ1n) is 2.81. The fourth-order valence-electron chi connectivity index (χ4n) is 0.657. The minimum atomic E-state index is -0.569. The molecule has 0 saturated heterocycles. The fourth-order valence-corrected chi connectivity index (χ4v) is 1.53. The van der Waals surface area contributed by atoms with Crippen LogP contribution in [0, 0.1) is 0 Å². The highest BCUT2D eigenvalue weighted by Gasteiger charge is 2.27. The molecule has 0 aliphatic heterocycles. The second-order valence-electron chi connectivity index (χ2n) is 2.06. The zero-order valence-electron chi connectivity index (χ0n) is 5.63. The molecular weight excluding hydrogens is 242 g/mol. The van der Waals surface area contributed by atoms with Gasteiger partial charge in [0.2, 0.25) is 5.78 Å². The Hall–Kier alpha value is 0.0500. The number of carbonyl (C=O) groups excluding carboxylic acids is 1. The number of ketones is 1. The lowest BCUT2D eigenvalue weighted by molar-refractivity contribution is -0.111. The molecule has 0 aromatic carbocycles. The summed E-state index contributed by atoms with van der Waals surface area (Å²) in [6.45, 7) is 3.51. The van der Waals surface area contributed by atoms with Crippen molar-refractivity contribution in [2.24, 2.45) is 0 Å². The number of Topliss-reactive ketones (excluding diaryl/α,β-unsaturated/α-hetero) is 1. The van der Waals surface area contributed by atoms with Gasteiger partial charge in [-0.25, -0.2) is 0 Å². The van der Waals surface area contributed by atoms with Gasteiger partial charge in [0.15, 0.2) is 0 Å². The highest BCUT2D eigenvalue weighted by atomic mass is 35.5. The van der Waals surface area contributed by atoms with Crippen molar-refractivity contribution in [3.8, 4) is 0 Å². The topological polar surface area (TPSA) is 17.1 Å². The van der Waals surface area contributed by atoms with E-state index in [2.05, 4.69) is 6.58 Å². The number of hydrogen-bond donors (Lipinski definition) is 0. The third kappa shape index (κ3) is 1.42. The van der Waals surface area contributed by atoms with Gasteiger partial charge >= 0.3 is 0 Å². The van der Waals surface area contributed by atoms with Crippen LogP contribution < -0.4 is 0 Å². The third-order valence-corrected chi connectivity index (χ3v) is 3.06. The summed E-state index contributed by atoms with van der Waals surface area (Å²) in [6, 6.07) is 0. The van der Waals surface area contributed by atoms with Gasteiger partial charge in [-0.3, -0.25) is 4.79 Å². The van der Waals surface area contributed by atoms with E-state index in [9.17, 15) is 4.79 Å². The normalized spacial score (nSPS) is 19.3. The van der Waals surface area contributed by atoms with Crippen LogP contribution in [0.1, 0.15) is 0 Å². The van der Waals surface area contributed by atoms with Gasteiger partial charge in [-0.15, -0.1) is 0 Å². The van der Waals surface area contributed by atoms with Gasteiger partial charge < -0.3 is 0 Å². The molecule has 12 heavy (non-hydrogen) atoms. The van der Waals surface area contributed by atoms with Crippen molar-refractivity contribution >= 4 is 52.2 Å². The van der Waals surface area contributed by atoms with Crippen molar-refractivity contribution in [1.82, 2.24) is 0 Å². The lowest BCUT2D eigenvalue weighted by atomic mass is 10.1. The van der Waals surface area contributed by atoms with Crippen LogP contribution in [0.3, 0.4) is 0 Å². The van der Waals surface area contributed by atoms with Crippen molar-refractivity contribution in [2.75, 3.05) is 0 Å². The summed E-state index contributed by atoms with van der Waals surface area (Å²) in [6.07, 6.45) is 0. The molecule has 0 bridgehead atoms. The van der Waals surface area contributed by atoms with Crippen molar-refractivity contribution in [1.29, 1.82) is 0 Å². The second-order valence-corrected chi connectivity index (χ2v) is 3.58. The Kier molecular flexibility index (Phi) is 2.89. The standard InChI is InChI=1S/C7H2Cl4O/c1-2-3(8)5(10)7(12)6(11)4(2)9/h1H2. The van der Waals surface area contributed by atoms with Gasteiger partial charge in [0.1, 0.15) is 10.1 Å². The lowest BCUT2D eigenvalue weighted by Gasteiger charge is -2.12. The molecule has 1 aliphatic carbocycles. The van der Waals surface area contributed by atoms with E-state index in [0.717, 1.165) is 0 Å². The van der Waals surface area contributed by atoms with Crippen LogP contribution in [0.2, 0.25) is 0 Å². The van der Waals surface area contributed by atoms with Crippen molar-refractivity contribution in [3.63, 3.8) is 0 Å². The van der Waals surface area contributed by atoms with Crippen LogP contribution >= 0.6 is 46.4 Å². The Morgan fingerprint density at radius 1 is 0.833 bits per heavy atom. The molecule has 0 unspecified atom stereocenters. The molecule has 64 valence electrons. The average Bonchev–Trinajstić information content (AvgIpc) is 2.08. The smallest absolute Gasteiger partial charge is 0.218 e. The molecule has 5 heteroatoms. The molecule has 0 N–H and O–H groups in total. The summed E-state index contributed by atoms with van der Waals surface area (Å²) < 4.78 is 0. The van der Waals surface area contributed by atoms with Crippen molar-refractivity contribution in [3.05, 3.63) is 32.3 Å². The van der Waals surface area contributed by atoms with E-state index in [4.69, 9.17) is 46.4 Å². The van der Waals surface area contributed by atoms with Crippen LogP contribution in [-0.2, 0) is 4.79 Å². The Bertz CT molecular complexity index is 275. The van der Waals surface area contributed by atoms with Crippen LogP contribution in [0.4, 0.5) is 0 Å². The average molecular weight is 244 g/mol. The van der Waals surface area contributed by atoms with Crippen LogP contribution in [0.5, 0.6) is 0 Å². The maximum absolute atomic E-state index is 11.1. The largest absolute Gasteiger partial charge is 0.286 e. The van der Waals surface area contributed by atoms with Gasteiger partial charge in [0, 0.05) is 5.57 Å². The molecule has 0 fully saturated rings. The van der Waals surface area contributed by atoms with Crippen LogP contribution in [0.25, 0.3) is 0 Å². The van der Waals surface area contributed by atoms with E-state index in [1.807, 2.05) is 0 Å². The third-order valence-electron chi connectivity index (χ3n) is 1.31. The summed E-state index contributed by atoms with van der Waals surface area (Å²) in [7, 11) is 0. The Morgan fingerprint density at radius 2 is 1.17 bits per heavy atom. The molecule has 0 aromatic rings. The van der Waals surface area contributed by atoms with E-state index in [1.54, 1.807) is 0 Å². The first-order chi connectivity index (χ1) is 5.46. The molecule has 0 radical (unpaired) electrons. The number of rotatable bonds is 0. The van der Waals surface area contributed by atoms with E-state index in [0.29, 0.717) is 0 Å². The molecule has 1 nitrogen and oxygen atoms in total. The molecular formula is C7H2Cl4O. The second kappa shape index (κ2) is 3.43. The van der Waals surface area contributed by atoms with Gasteiger partial charge in [0.25, 0.3) is 0 Å². The molecule has 1 aliphatic rings. The molecule has 0 aromatic heterocycles. The maximum Gasteiger partial charge on any atom is 0.218 e. The zero-order valence-corrected chi connectivity index (χ0v) is 8.65. The molecule has 1 rings (SSSR count). The van der Waals surface area contributed by atoms with Crippen molar-refractivity contribution in [2.45, 2.75) is 0 Å². The Morgan fingerprint density at radius 3 is 1.50 bits per heavy atom. The SMILES string of the molecule is C=C1C(Cl)=C(Cl)C(=O)C(Cl)=C1Cl. The zero-order chi connectivity index (χ0) is 9.46. The Balaban J connectivity index is 3.32.